The lowest BCUT2D eigenvalue weighted by atomic mass is 9.85. The summed E-state index contributed by atoms with van der Waals surface area (Å²) < 4.78 is 34.1. The standard InChI is InChI=1S/C48H81O12P/c1-3-5-7-9-11-13-15-17-19-20-21-22-23-25-27-29-31-33-35-37-42(49)59-41(40-58-61(55,56)60-48-46(53)44(51)43(50)45(52)47(48)54)39-57-38-36-34-32-30-28-26-24-18-16-14-12-10-8-6-4-2/h5,7,11,13,16-19,21-22,25,27,31,33,41,43-48,50-54H,3-4,6,8-10,12,14-15,20,23-24,26,28-30,32,34-40H2,1-2H3,(H,55,56)/b7-5-,13-11-,18-16-,19-17-,22-21-,27-25-,33-31-. The van der Waals surface area contributed by atoms with Crippen molar-refractivity contribution in [2.24, 2.45) is 0 Å². The van der Waals surface area contributed by atoms with E-state index in [0.29, 0.717) is 19.4 Å². The van der Waals surface area contributed by atoms with Crippen LogP contribution in [0, 0.1) is 0 Å². The Morgan fingerprint density at radius 2 is 0.967 bits per heavy atom. The number of rotatable bonds is 37. The van der Waals surface area contributed by atoms with E-state index in [1.807, 2.05) is 12.2 Å². The molecule has 1 aliphatic rings. The molecule has 0 aromatic carbocycles. The number of aliphatic hydroxyl groups is 5. The number of ether oxygens (including phenoxy) is 2. The van der Waals surface area contributed by atoms with Crippen molar-refractivity contribution in [3.05, 3.63) is 85.1 Å². The maximum atomic E-state index is 12.8. The quantitative estimate of drug-likeness (QED) is 0.0150. The Hall–Kier alpha value is -2.48. The topological polar surface area (TPSA) is 192 Å². The maximum Gasteiger partial charge on any atom is 0.472 e. The fourth-order valence-corrected chi connectivity index (χ4v) is 7.35. The third-order valence-corrected chi connectivity index (χ3v) is 11.0. The van der Waals surface area contributed by atoms with Crippen LogP contribution in [0.4, 0.5) is 0 Å². The highest BCUT2D eigenvalue weighted by atomic mass is 31.2. The summed E-state index contributed by atoms with van der Waals surface area (Å²) in [5.74, 6) is -0.564. The van der Waals surface area contributed by atoms with Crippen LogP contribution in [-0.4, -0.2) is 98.9 Å². The van der Waals surface area contributed by atoms with Gasteiger partial charge in [-0.1, -0.05) is 150 Å². The summed E-state index contributed by atoms with van der Waals surface area (Å²) in [6, 6.07) is 0. The monoisotopic (exact) mass is 881 g/mol. The van der Waals surface area contributed by atoms with Gasteiger partial charge in [0.2, 0.25) is 0 Å². The van der Waals surface area contributed by atoms with Gasteiger partial charge in [-0.2, -0.15) is 0 Å². The molecule has 6 unspecified atom stereocenters. The number of hydrogen-bond acceptors (Lipinski definition) is 11. The molecule has 1 fully saturated rings. The van der Waals surface area contributed by atoms with Crippen molar-refractivity contribution in [1.29, 1.82) is 0 Å². The zero-order chi connectivity index (χ0) is 44.8. The first kappa shape index (κ1) is 56.5. The molecule has 0 heterocycles. The van der Waals surface area contributed by atoms with Gasteiger partial charge in [0.25, 0.3) is 0 Å². The summed E-state index contributed by atoms with van der Waals surface area (Å²) in [6.07, 6.45) is 38.1. The summed E-state index contributed by atoms with van der Waals surface area (Å²) in [5.41, 5.74) is 0. The van der Waals surface area contributed by atoms with Gasteiger partial charge >= 0.3 is 13.8 Å². The second-order valence-electron chi connectivity index (χ2n) is 15.5. The molecule has 0 aromatic rings. The normalized spacial score (nSPS) is 23.0. The van der Waals surface area contributed by atoms with Gasteiger partial charge in [0.1, 0.15) is 42.7 Å². The molecule has 1 saturated carbocycles. The van der Waals surface area contributed by atoms with Crippen molar-refractivity contribution >= 4 is 13.8 Å². The van der Waals surface area contributed by atoms with Gasteiger partial charge in [-0.15, -0.1) is 0 Å². The van der Waals surface area contributed by atoms with E-state index < -0.39 is 63.1 Å². The van der Waals surface area contributed by atoms with Crippen molar-refractivity contribution in [3.8, 4) is 0 Å². The number of esters is 1. The van der Waals surface area contributed by atoms with E-state index in [9.17, 15) is 39.8 Å². The molecule has 6 atom stereocenters. The molecule has 0 amide bonds. The predicted molar refractivity (Wildman–Crippen MR) is 244 cm³/mol. The Balaban J connectivity index is 2.48. The molecule has 61 heavy (non-hydrogen) atoms. The van der Waals surface area contributed by atoms with Crippen LogP contribution in [0.15, 0.2) is 85.1 Å². The Morgan fingerprint density at radius 1 is 0.541 bits per heavy atom. The molecule has 6 N–H and O–H groups in total. The molecule has 350 valence electrons. The van der Waals surface area contributed by atoms with E-state index in [0.717, 1.165) is 64.2 Å². The molecule has 1 rings (SSSR count). The van der Waals surface area contributed by atoms with Crippen LogP contribution in [0.25, 0.3) is 0 Å². The van der Waals surface area contributed by atoms with Crippen LogP contribution >= 0.6 is 7.82 Å². The van der Waals surface area contributed by atoms with Crippen LogP contribution in [0.3, 0.4) is 0 Å². The molecule has 1 aliphatic carbocycles. The summed E-state index contributed by atoms with van der Waals surface area (Å²) in [7, 11) is -5.04. The van der Waals surface area contributed by atoms with Gasteiger partial charge in [-0.05, 0) is 77.0 Å². The van der Waals surface area contributed by atoms with Gasteiger partial charge in [-0.3, -0.25) is 13.8 Å². The van der Waals surface area contributed by atoms with Crippen LogP contribution in [0.1, 0.15) is 149 Å². The van der Waals surface area contributed by atoms with Gasteiger partial charge in [-0.25, -0.2) is 4.57 Å². The lowest BCUT2D eigenvalue weighted by Crippen LogP contribution is -2.64. The lowest BCUT2D eigenvalue weighted by Gasteiger charge is -2.41. The first-order valence-electron chi connectivity index (χ1n) is 22.9. The van der Waals surface area contributed by atoms with Crippen molar-refractivity contribution in [1.82, 2.24) is 0 Å². The van der Waals surface area contributed by atoms with Crippen LogP contribution < -0.4 is 0 Å². The summed E-state index contributed by atoms with van der Waals surface area (Å²) in [4.78, 5) is 23.1. The molecule has 13 heteroatoms. The highest BCUT2D eigenvalue weighted by Crippen LogP contribution is 2.47. The zero-order valence-corrected chi connectivity index (χ0v) is 38.1. The van der Waals surface area contributed by atoms with E-state index in [1.165, 1.54) is 51.4 Å². The van der Waals surface area contributed by atoms with Crippen molar-refractivity contribution in [2.45, 2.75) is 191 Å². The minimum atomic E-state index is -5.04. The summed E-state index contributed by atoms with van der Waals surface area (Å²) in [6.45, 7) is 4.02. The molecule has 0 radical (unpaired) electrons. The molecule has 0 saturated heterocycles. The molecule has 12 nitrogen and oxygen atoms in total. The highest BCUT2D eigenvalue weighted by Gasteiger charge is 2.51. The minimum absolute atomic E-state index is 0.0549. The summed E-state index contributed by atoms with van der Waals surface area (Å²) >= 11 is 0. The largest absolute Gasteiger partial charge is 0.472 e. The number of carbonyl (C=O) groups excluding carboxylic acids is 1. The third-order valence-electron chi connectivity index (χ3n) is 10.0. The number of aliphatic hydroxyl groups excluding tert-OH is 5. The second-order valence-corrected chi connectivity index (χ2v) is 16.9. The Bertz CT molecular complexity index is 1330. The van der Waals surface area contributed by atoms with Crippen molar-refractivity contribution < 1.29 is 58.3 Å². The van der Waals surface area contributed by atoms with E-state index in [1.54, 1.807) is 0 Å². The maximum absolute atomic E-state index is 12.8. The molecule has 0 spiro atoms. The number of carbonyl (C=O) groups is 1. The second kappa shape index (κ2) is 38.0. The number of hydrogen-bond donors (Lipinski definition) is 6. The first-order chi connectivity index (χ1) is 29.5. The molecule has 0 bridgehead atoms. The van der Waals surface area contributed by atoms with E-state index in [2.05, 4.69) is 86.8 Å². The fraction of sp³-hybridized carbons (Fsp3) is 0.688. The van der Waals surface area contributed by atoms with Crippen molar-refractivity contribution in [3.63, 3.8) is 0 Å². The van der Waals surface area contributed by atoms with E-state index >= 15 is 0 Å². The van der Waals surface area contributed by atoms with Gasteiger partial charge < -0.3 is 39.9 Å². The Morgan fingerprint density at radius 3 is 1.48 bits per heavy atom. The SMILES string of the molecule is CC/C=C\C/C=C\C/C=C\C/C=C\C/C=C\C/C=C\CCC(=O)OC(COCCCCCCCC/C=C\CCCCCCC)COP(=O)(O)OC1C(O)C(O)C(O)C(O)C1O. The Labute approximate surface area is 367 Å². The number of unbranched alkanes of at least 4 members (excludes halogenated alkanes) is 11. The number of allylic oxidation sites excluding steroid dienone is 14. The third kappa shape index (κ3) is 30.3. The first-order valence-corrected chi connectivity index (χ1v) is 24.4. The highest BCUT2D eigenvalue weighted by molar-refractivity contribution is 7.47. The average Bonchev–Trinajstić information content (AvgIpc) is 3.24. The van der Waals surface area contributed by atoms with E-state index in [4.69, 9.17) is 18.5 Å². The van der Waals surface area contributed by atoms with Crippen LogP contribution in [0.2, 0.25) is 0 Å². The fourth-order valence-electron chi connectivity index (χ4n) is 6.37. The van der Waals surface area contributed by atoms with Crippen LogP contribution in [-0.2, 0) is 27.9 Å². The number of phosphoric acid groups is 1. The van der Waals surface area contributed by atoms with Gasteiger partial charge in [0.15, 0.2) is 0 Å². The molecule has 0 aromatic heterocycles. The van der Waals surface area contributed by atoms with Gasteiger partial charge in [0.05, 0.1) is 13.2 Å². The molecular formula is C48H81O12P. The smallest absolute Gasteiger partial charge is 0.457 e. The lowest BCUT2D eigenvalue weighted by molar-refractivity contribution is -0.220. The number of phosphoric ester groups is 1. The minimum Gasteiger partial charge on any atom is -0.457 e. The van der Waals surface area contributed by atoms with Gasteiger partial charge in [0, 0.05) is 13.0 Å². The summed E-state index contributed by atoms with van der Waals surface area (Å²) in [5, 5.41) is 50.2. The molecule has 0 aliphatic heterocycles. The Kier molecular flexibility index (Phi) is 35.2. The zero-order valence-electron chi connectivity index (χ0n) is 37.2. The average molecular weight is 881 g/mol. The predicted octanol–water partition coefficient (Wildman–Crippen LogP) is 9.36. The van der Waals surface area contributed by atoms with Crippen LogP contribution in [0.5, 0.6) is 0 Å². The van der Waals surface area contributed by atoms with Crippen molar-refractivity contribution in [2.75, 3.05) is 19.8 Å². The van der Waals surface area contributed by atoms with E-state index in [-0.39, 0.29) is 13.0 Å². The molecular weight excluding hydrogens is 799 g/mol.